The van der Waals surface area contributed by atoms with Crippen molar-refractivity contribution in [2.24, 2.45) is 5.92 Å². The average molecular weight is 466 g/mol. The van der Waals surface area contributed by atoms with Gasteiger partial charge in [-0.05, 0) is 66.5 Å². The molecule has 0 heterocycles. The van der Waals surface area contributed by atoms with Gasteiger partial charge in [-0.15, -0.1) is 0 Å². The van der Waals surface area contributed by atoms with Crippen LogP contribution in [0, 0.1) is 19.8 Å². The number of amides is 1. The predicted octanol–water partition coefficient (Wildman–Crippen LogP) is 5.46. The van der Waals surface area contributed by atoms with Crippen molar-refractivity contribution >= 4 is 23.3 Å². The van der Waals surface area contributed by atoms with E-state index in [2.05, 4.69) is 18.3 Å². The van der Waals surface area contributed by atoms with E-state index in [1.807, 2.05) is 43.1 Å². The number of carboxylic acids is 1. The minimum absolute atomic E-state index is 0.0276. The fourth-order valence-corrected chi connectivity index (χ4v) is 5.19. The highest BCUT2D eigenvalue weighted by Gasteiger charge is 2.24. The number of aryl methyl sites for hydroxylation is 1. The van der Waals surface area contributed by atoms with Gasteiger partial charge in [-0.25, -0.2) is 0 Å². The third kappa shape index (κ3) is 6.10. The highest BCUT2D eigenvalue weighted by Crippen LogP contribution is 2.36. The average Bonchev–Trinajstić information content (AvgIpc) is 2.81. The van der Waals surface area contributed by atoms with Crippen LogP contribution in [-0.4, -0.2) is 35.5 Å². The third-order valence-electron chi connectivity index (χ3n) is 7.37. The van der Waals surface area contributed by atoms with Gasteiger partial charge < -0.3 is 21.1 Å². The lowest BCUT2D eigenvalue weighted by Crippen LogP contribution is -2.34. The van der Waals surface area contributed by atoms with E-state index in [-0.39, 0.29) is 18.2 Å². The van der Waals surface area contributed by atoms with Crippen LogP contribution in [-0.2, 0) is 16.1 Å². The summed E-state index contributed by atoms with van der Waals surface area (Å²) in [6, 6.07) is 10.0. The zero-order valence-corrected chi connectivity index (χ0v) is 21.0. The lowest BCUT2D eigenvalue weighted by molar-refractivity contribution is -0.137. The largest absolute Gasteiger partial charge is 0.481 e. The van der Waals surface area contributed by atoms with Crippen LogP contribution in [0.1, 0.15) is 79.2 Å². The summed E-state index contributed by atoms with van der Waals surface area (Å²) < 4.78 is 0. The molecule has 184 valence electrons. The molecule has 6 heteroatoms. The Kier molecular flexibility index (Phi) is 8.59. The molecule has 1 saturated carbocycles. The maximum absolute atomic E-state index is 12.5. The molecule has 34 heavy (non-hydrogen) atoms. The zero-order valence-electron chi connectivity index (χ0n) is 21.0. The van der Waals surface area contributed by atoms with Gasteiger partial charge in [0.15, 0.2) is 0 Å². The van der Waals surface area contributed by atoms with Gasteiger partial charge in [-0.1, -0.05) is 43.5 Å². The number of hydrogen-bond donors (Lipinski definition) is 3. The van der Waals surface area contributed by atoms with Crippen LogP contribution < -0.4 is 11.1 Å². The molecular formula is C28H39N3O3. The van der Waals surface area contributed by atoms with Crippen molar-refractivity contribution in [1.82, 2.24) is 4.90 Å². The van der Waals surface area contributed by atoms with Crippen LogP contribution in [0.15, 0.2) is 30.3 Å². The van der Waals surface area contributed by atoms with Crippen molar-refractivity contribution in [3.05, 3.63) is 58.1 Å². The Morgan fingerprint density at radius 2 is 1.85 bits per heavy atom. The van der Waals surface area contributed by atoms with E-state index in [0.29, 0.717) is 18.2 Å². The van der Waals surface area contributed by atoms with Crippen LogP contribution in [0.4, 0.5) is 11.4 Å². The number of hydrogen-bond acceptors (Lipinski definition) is 4. The summed E-state index contributed by atoms with van der Waals surface area (Å²) in [6.45, 7) is 6.97. The summed E-state index contributed by atoms with van der Waals surface area (Å²) in [7, 11) is 1.82. The second kappa shape index (κ2) is 11.4. The molecule has 4 N–H and O–H groups in total. The molecule has 0 aromatic heterocycles. The second-order valence-electron chi connectivity index (χ2n) is 9.73. The van der Waals surface area contributed by atoms with Gasteiger partial charge in [0.2, 0.25) is 5.91 Å². The molecule has 3 rings (SSSR count). The molecular weight excluding hydrogens is 426 g/mol. The Bertz CT molecular complexity index is 1030. The lowest BCUT2D eigenvalue weighted by Gasteiger charge is -2.30. The van der Waals surface area contributed by atoms with Crippen LogP contribution in [0.2, 0.25) is 0 Å². The Hall–Kier alpha value is -3.02. The Balaban J connectivity index is 1.94. The second-order valence-corrected chi connectivity index (χ2v) is 9.73. The van der Waals surface area contributed by atoms with Crippen LogP contribution in [0.25, 0.3) is 0 Å². The molecule has 0 saturated heterocycles. The first kappa shape index (κ1) is 25.6. The van der Waals surface area contributed by atoms with E-state index in [4.69, 9.17) is 5.73 Å². The summed E-state index contributed by atoms with van der Waals surface area (Å²) in [4.78, 5) is 26.3. The van der Waals surface area contributed by atoms with Crippen LogP contribution in [0.3, 0.4) is 0 Å². The smallest absolute Gasteiger partial charge is 0.304 e. The van der Waals surface area contributed by atoms with Crippen molar-refractivity contribution in [3.8, 4) is 0 Å². The summed E-state index contributed by atoms with van der Waals surface area (Å²) in [5.41, 5.74) is 12.7. The molecule has 0 bridgehead atoms. The van der Waals surface area contributed by atoms with Gasteiger partial charge in [0.25, 0.3) is 0 Å². The third-order valence-corrected chi connectivity index (χ3v) is 7.37. The van der Waals surface area contributed by atoms with Crippen molar-refractivity contribution in [2.45, 2.75) is 71.8 Å². The molecule has 0 aliphatic heterocycles. The number of nitrogens with zero attached hydrogens (tertiary/aromatic N) is 1. The maximum Gasteiger partial charge on any atom is 0.304 e. The molecule has 1 aliphatic rings. The van der Waals surface area contributed by atoms with Crippen molar-refractivity contribution in [2.75, 3.05) is 24.6 Å². The Labute approximate surface area is 203 Å². The monoisotopic (exact) mass is 465 g/mol. The summed E-state index contributed by atoms with van der Waals surface area (Å²) in [5, 5.41) is 12.8. The van der Waals surface area contributed by atoms with Gasteiger partial charge in [-0.2, -0.15) is 0 Å². The minimum atomic E-state index is -0.856. The highest BCUT2D eigenvalue weighted by molar-refractivity contribution is 5.74. The van der Waals surface area contributed by atoms with E-state index in [9.17, 15) is 14.7 Å². The molecule has 1 atom stereocenters. The predicted molar refractivity (Wildman–Crippen MR) is 138 cm³/mol. The molecule has 2 aromatic carbocycles. The van der Waals surface area contributed by atoms with E-state index in [0.717, 1.165) is 40.0 Å². The summed E-state index contributed by atoms with van der Waals surface area (Å²) in [6.07, 6.45) is 6.13. The first-order valence-corrected chi connectivity index (χ1v) is 12.3. The SMILES string of the molecule is CNc1ccc(C(CC(=O)O)c2ccc(C)c(CN(CC3CCCCC3)C(C)=O)c2)c(C)c1N. The zero-order chi connectivity index (χ0) is 24.8. The van der Waals surface area contributed by atoms with E-state index in [1.54, 1.807) is 6.92 Å². The van der Waals surface area contributed by atoms with E-state index >= 15 is 0 Å². The number of benzene rings is 2. The molecule has 1 aliphatic carbocycles. The molecule has 0 radical (unpaired) electrons. The van der Waals surface area contributed by atoms with E-state index in [1.165, 1.54) is 32.1 Å². The number of aliphatic carboxylic acids is 1. The van der Waals surface area contributed by atoms with Crippen molar-refractivity contribution in [1.29, 1.82) is 0 Å². The minimum Gasteiger partial charge on any atom is -0.481 e. The lowest BCUT2D eigenvalue weighted by atomic mass is 9.84. The quantitative estimate of drug-likeness (QED) is 0.427. The number of rotatable bonds is 9. The van der Waals surface area contributed by atoms with E-state index < -0.39 is 5.97 Å². The molecule has 6 nitrogen and oxygen atoms in total. The number of anilines is 2. The van der Waals surface area contributed by atoms with Crippen molar-refractivity contribution < 1.29 is 14.7 Å². The first-order valence-electron chi connectivity index (χ1n) is 12.3. The fraction of sp³-hybridized carbons (Fsp3) is 0.500. The number of carbonyl (C=O) groups excluding carboxylic acids is 1. The molecule has 1 unspecified atom stereocenters. The molecule has 2 aromatic rings. The van der Waals surface area contributed by atoms with Gasteiger partial charge in [-0.3, -0.25) is 9.59 Å². The van der Waals surface area contributed by atoms with Gasteiger partial charge in [0.05, 0.1) is 17.8 Å². The van der Waals surface area contributed by atoms with Gasteiger partial charge >= 0.3 is 5.97 Å². The Morgan fingerprint density at radius 1 is 1.15 bits per heavy atom. The van der Waals surface area contributed by atoms with Crippen LogP contribution in [0.5, 0.6) is 0 Å². The van der Waals surface area contributed by atoms with Crippen LogP contribution >= 0.6 is 0 Å². The number of nitrogen functional groups attached to an aromatic ring is 1. The number of nitrogens with one attached hydrogen (secondary N) is 1. The van der Waals surface area contributed by atoms with Gasteiger partial charge in [0, 0.05) is 33.0 Å². The summed E-state index contributed by atoms with van der Waals surface area (Å²) >= 11 is 0. The molecule has 0 spiro atoms. The standard InChI is InChI=1S/C28H39N3O3/c1-18-10-11-22(14-23(18)17-31(20(3)32)16-21-8-6-5-7-9-21)25(15-27(33)34)24-12-13-26(30-4)28(29)19(24)2/h10-14,21,25,30H,5-9,15-17,29H2,1-4H3,(H,33,34). The first-order chi connectivity index (χ1) is 16.2. The highest BCUT2D eigenvalue weighted by atomic mass is 16.4. The Morgan fingerprint density at radius 3 is 2.47 bits per heavy atom. The summed E-state index contributed by atoms with van der Waals surface area (Å²) in [5.74, 6) is -0.527. The number of carboxylic acid groups (broad SMARTS) is 1. The molecule has 1 amide bonds. The number of nitrogens with two attached hydrogens (primary N) is 1. The number of carbonyl (C=O) groups is 2. The fourth-order valence-electron chi connectivity index (χ4n) is 5.19. The van der Waals surface area contributed by atoms with Gasteiger partial charge in [0.1, 0.15) is 0 Å². The normalized spacial score (nSPS) is 15.1. The van der Waals surface area contributed by atoms with Crippen molar-refractivity contribution in [3.63, 3.8) is 0 Å². The topological polar surface area (TPSA) is 95.7 Å². The maximum atomic E-state index is 12.5. The molecule has 1 fully saturated rings.